The van der Waals surface area contributed by atoms with Gasteiger partial charge in [-0.25, -0.2) is 23.7 Å². The van der Waals surface area contributed by atoms with Crippen molar-refractivity contribution in [2.75, 3.05) is 47.9 Å². The predicted molar refractivity (Wildman–Crippen MR) is 140 cm³/mol. The van der Waals surface area contributed by atoms with Crippen LogP contribution in [0.1, 0.15) is 33.1 Å². The van der Waals surface area contributed by atoms with Gasteiger partial charge in [-0.1, -0.05) is 0 Å². The fourth-order valence-corrected chi connectivity index (χ4v) is 5.66. The number of hydrogen-bond acceptors (Lipinski definition) is 8. The standard InChI is InChI=1S/C27H31F2N7O/c1-27(2)7-6-19-16-37-25-20(28)12-17(13-22(25)36(19)27)24-21(29)15-32-26(34-24)33-23-5-4-18(14-31-23)35-10-3-8-30-9-11-35/h4-5,12-15,19,30H,3,6-11,16H2,1-2H3,(H,31,32,33,34). The number of benzene rings is 1. The zero-order chi connectivity index (χ0) is 25.6. The molecule has 8 nitrogen and oxygen atoms in total. The molecule has 1 aromatic carbocycles. The van der Waals surface area contributed by atoms with Crippen molar-refractivity contribution in [3.05, 3.63) is 48.3 Å². The summed E-state index contributed by atoms with van der Waals surface area (Å²) in [7, 11) is 0. The monoisotopic (exact) mass is 507 g/mol. The molecule has 1 unspecified atom stereocenters. The number of hydrogen-bond donors (Lipinski definition) is 2. The van der Waals surface area contributed by atoms with E-state index in [1.165, 1.54) is 6.07 Å². The highest BCUT2D eigenvalue weighted by Gasteiger charge is 2.44. The lowest BCUT2D eigenvalue weighted by atomic mass is 10.0. The van der Waals surface area contributed by atoms with Gasteiger partial charge in [0, 0.05) is 30.7 Å². The SMILES string of the molecule is CC1(C)CCC2COc3c(F)cc(-c4nc(Nc5ccc(N6CCCNCC6)cn5)ncc4F)cc3N21. The summed E-state index contributed by atoms with van der Waals surface area (Å²) in [6, 6.07) is 7.07. The molecular weight excluding hydrogens is 476 g/mol. The highest BCUT2D eigenvalue weighted by molar-refractivity contribution is 5.74. The Labute approximate surface area is 215 Å². The second-order valence-corrected chi connectivity index (χ2v) is 10.5. The minimum Gasteiger partial charge on any atom is -0.486 e. The first-order chi connectivity index (χ1) is 17.9. The number of anilines is 4. The molecular formula is C27H31F2N7O. The number of halogens is 2. The third kappa shape index (κ3) is 4.54. The molecule has 10 heteroatoms. The van der Waals surface area contributed by atoms with Crippen molar-refractivity contribution in [1.82, 2.24) is 20.3 Å². The molecule has 0 radical (unpaired) electrons. The van der Waals surface area contributed by atoms with E-state index in [1.807, 2.05) is 18.3 Å². The molecule has 2 N–H and O–H groups in total. The first-order valence-electron chi connectivity index (χ1n) is 12.9. The molecule has 5 heterocycles. The lowest BCUT2D eigenvalue weighted by Gasteiger charge is -2.42. The summed E-state index contributed by atoms with van der Waals surface area (Å²) in [5, 5.41) is 6.45. The van der Waals surface area contributed by atoms with Crippen LogP contribution in [0.15, 0.2) is 36.7 Å². The maximum atomic E-state index is 15.2. The number of aromatic nitrogens is 3. The largest absolute Gasteiger partial charge is 0.486 e. The minimum atomic E-state index is -0.628. The second-order valence-electron chi connectivity index (χ2n) is 10.5. The van der Waals surface area contributed by atoms with Gasteiger partial charge in [-0.15, -0.1) is 0 Å². The zero-order valence-electron chi connectivity index (χ0n) is 21.1. The summed E-state index contributed by atoms with van der Waals surface area (Å²) in [4.78, 5) is 17.5. The Balaban J connectivity index is 1.28. The van der Waals surface area contributed by atoms with Gasteiger partial charge < -0.3 is 25.2 Å². The van der Waals surface area contributed by atoms with Crippen LogP contribution in [-0.4, -0.2) is 59.3 Å². The van der Waals surface area contributed by atoms with Crippen molar-refractivity contribution in [2.24, 2.45) is 0 Å². The summed E-state index contributed by atoms with van der Waals surface area (Å²) in [5.41, 5.74) is 1.90. The van der Waals surface area contributed by atoms with Crippen molar-refractivity contribution >= 4 is 23.1 Å². The molecule has 0 saturated carbocycles. The van der Waals surface area contributed by atoms with E-state index >= 15 is 4.39 Å². The first-order valence-corrected chi connectivity index (χ1v) is 12.9. The second kappa shape index (κ2) is 9.41. The molecule has 3 aliphatic heterocycles. The normalized spacial score (nSPS) is 20.6. The number of fused-ring (bicyclic) bond motifs is 3. The van der Waals surface area contributed by atoms with Gasteiger partial charge in [0.25, 0.3) is 0 Å². The van der Waals surface area contributed by atoms with E-state index in [0.717, 1.165) is 57.3 Å². The zero-order valence-corrected chi connectivity index (χ0v) is 21.1. The maximum Gasteiger partial charge on any atom is 0.229 e. The molecule has 2 saturated heterocycles. The Morgan fingerprint density at radius 3 is 2.81 bits per heavy atom. The number of nitrogens with one attached hydrogen (secondary N) is 2. The van der Waals surface area contributed by atoms with Crippen molar-refractivity contribution in [2.45, 2.75) is 44.7 Å². The van der Waals surface area contributed by atoms with Crippen LogP contribution >= 0.6 is 0 Å². The molecule has 0 spiro atoms. The molecule has 1 atom stereocenters. The van der Waals surface area contributed by atoms with Gasteiger partial charge in [-0.2, -0.15) is 0 Å². The Morgan fingerprint density at radius 2 is 1.97 bits per heavy atom. The highest BCUT2D eigenvalue weighted by Crippen LogP contribution is 2.47. The van der Waals surface area contributed by atoms with Crippen LogP contribution < -0.4 is 25.2 Å². The van der Waals surface area contributed by atoms with Crippen molar-refractivity contribution in [3.63, 3.8) is 0 Å². The van der Waals surface area contributed by atoms with Gasteiger partial charge in [0.15, 0.2) is 17.4 Å². The molecule has 37 heavy (non-hydrogen) atoms. The van der Waals surface area contributed by atoms with Gasteiger partial charge in [0.1, 0.15) is 18.1 Å². The Morgan fingerprint density at radius 1 is 1.08 bits per heavy atom. The van der Waals surface area contributed by atoms with E-state index in [4.69, 9.17) is 4.74 Å². The van der Waals surface area contributed by atoms with Crippen molar-refractivity contribution < 1.29 is 13.5 Å². The average molecular weight is 508 g/mol. The van der Waals surface area contributed by atoms with E-state index < -0.39 is 11.6 Å². The molecule has 2 aromatic heterocycles. The van der Waals surface area contributed by atoms with Crippen LogP contribution in [0.4, 0.5) is 31.9 Å². The van der Waals surface area contributed by atoms with Gasteiger partial charge in [-0.05, 0) is 63.9 Å². The van der Waals surface area contributed by atoms with E-state index in [-0.39, 0.29) is 29.0 Å². The number of ether oxygens (including phenoxy) is 1. The Bertz CT molecular complexity index is 1290. The Kier molecular flexibility index (Phi) is 6.06. The van der Waals surface area contributed by atoms with Crippen LogP contribution in [0, 0.1) is 11.6 Å². The van der Waals surface area contributed by atoms with E-state index in [2.05, 4.69) is 49.2 Å². The number of pyridine rings is 1. The van der Waals surface area contributed by atoms with Gasteiger partial charge in [0.2, 0.25) is 5.95 Å². The summed E-state index contributed by atoms with van der Waals surface area (Å²) >= 11 is 0. The van der Waals surface area contributed by atoms with Crippen molar-refractivity contribution in [3.8, 4) is 17.0 Å². The fraction of sp³-hybridized carbons (Fsp3) is 0.444. The maximum absolute atomic E-state index is 15.2. The summed E-state index contributed by atoms with van der Waals surface area (Å²) in [6.07, 6.45) is 5.93. The van der Waals surface area contributed by atoms with Gasteiger partial charge in [0.05, 0.1) is 29.8 Å². The first kappa shape index (κ1) is 23.8. The topological polar surface area (TPSA) is 78.4 Å². The molecule has 3 aliphatic rings. The van der Waals surface area contributed by atoms with Crippen LogP contribution in [0.3, 0.4) is 0 Å². The third-order valence-corrected chi connectivity index (χ3v) is 7.52. The summed E-state index contributed by atoms with van der Waals surface area (Å²) < 4.78 is 35.9. The molecule has 6 rings (SSSR count). The van der Waals surface area contributed by atoms with Gasteiger partial charge >= 0.3 is 0 Å². The van der Waals surface area contributed by atoms with Crippen LogP contribution in [0.25, 0.3) is 11.3 Å². The van der Waals surface area contributed by atoms with E-state index in [0.29, 0.717) is 23.7 Å². The summed E-state index contributed by atoms with van der Waals surface area (Å²) in [6.45, 7) is 8.59. The lowest BCUT2D eigenvalue weighted by molar-refractivity contribution is 0.252. The minimum absolute atomic E-state index is 0.0204. The van der Waals surface area contributed by atoms with E-state index in [1.54, 1.807) is 6.07 Å². The quantitative estimate of drug-likeness (QED) is 0.535. The molecule has 194 valence electrons. The van der Waals surface area contributed by atoms with Gasteiger partial charge in [-0.3, -0.25) is 0 Å². The van der Waals surface area contributed by atoms with Crippen molar-refractivity contribution in [1.29, 1.82) is 0 Å². The number of rotatable bonds is 4. The van der Waals surface area contributed by atoms with Crippen LogP contribution in [0.5, 0.6) is 5.75 Å². The molecule has 0 amide bonds. The van der Waals surface area contributed by atoms with Crippen LogP contribution in [0.2, 0.25) is 0 Å². The van der Waals surface area contributed by atoms with Crippen LogP contribution in [-0.2, 0) is 0 Å². The fourth-order valence-electron chi connectivity index (χ4n) is 5.66. The molecule has 0 bridgehead atoms. The molecule has 3 aromatic rings. The average Bonchev–Trinajstić information content (AvgIpc) is 3.05. The number of nitrogens with zero attached hydrogens (tertiary/aromatic N) is 5. The molecule has 0 aliphatic carbocycles. The lowest BCUT2D eigenvalue weighted by Crippen LogP contribution is -2.48. The highest BCUT2D eigenvalue weighted by atomic mass is 19.1. The summed E-state index contributed by atoms with van der Waals surface area (Å²) in [5.74, 6) is -0.211. The smallest absolute Gasteiger partial charge is 0.229 e. The Hall–Kier alpha value is -3.53. The molecule has 2 fully saturated rings. The van der Waals surface area contributed by atoms with E-state index in [9.17, 15) is 4.39 Å². The third-order valence-electron chi connectivity index (χ3n) is 7.52. The predicted octanol–water partition coefficient (Wildman–Crippen LogP) is 4.50.